The van der Waals surface area contributed by atoms with Gasteiger partial charge in [0, 0.05) is 11.3 Å². The molecule has 2 amide bonds. The number of anilines is 1. The van der Waals surface area contributed by atoms with E-state index in [4.69, 9.17) is 5.84 Å². The second-order valence-electron chi connectivity index (χ2n) is 3.42. The van der Waals surface area contributed by atoms with Gasteiger partial charge >= 0.3 is 12.4 Å². The molecular weight excluding hydrogens is 239 g/mol. The van der Waals surface area contributed by atoms with Crippen LogP contribution in [0.3, 0.4) is 0 Å². The summed E-state index contributed by atoms with van der Waals surface area (Å²) < 4.78 is 39.7. The number of alkyl halides is 3. The lowest BCUT2D eigenvalue weighted by Gasteiger charge is -2.25. The number of halogens is 3. The summed E-state index contributed by atoms with van der Waals surface area (Å²) in [5.41, 5.74) is 0.875. The fraction of sp³-hybridized carbons (Fsp3) is 0.222. The molecule has 5 nitrogen and oxygen atoms in total. The number of nitrogens with one attached hydrogen (secondary N) is 1. The van der Waals surface area contributed by atoms with E-state index in [0.717, 1.165) is 11.1 Å². The Kier molecular flexibility index (Phi) is 2.58. The van der Waals surface area contributed by atoms with E-state index in [1.807, 2.05) is 0 Å². The van der Waals surface area contributed by atoms with Crippen LogP contribution in [0.15, 0.2) is 18.2 Å². The van der Waals surface area contributed by atoms with Crippen molar-refractivity contribution in [1.29, 1.82) is 0 Å². The van der Waals surface area contributed by atoms with Gasteiger partial charge in [-0.3, -0.25) is 5.01 Å². The highest BCUT2D eigenvalue weighted by Crippen LogP contribution is 2.29. The molecular formula is C9H8F3N3O2. The molecule has 0 unspecified atom stereocenters. The van der Waals surface area contributed by atoms with Crippen LogP contribution in [0.4, 0.5) is 23.7 Å². The topological polar surface area (TPSA) is 67.6 Å². The molecule has 0 bridgehead atoms. The molecule has 0 spiro atoms. The van der Waals surface area contributed by atoms with Gasteiger partial charge in [-0.15, -0.1) is 13.2 Å². The molecule has 1 heterocycles. The molecule has 0 aromatic heterocycles. The quantitative estimate of drug-likeness (QED) is 0.587. The summed E-state index contributed by atoms with van der Waals surface area (Å²) in [5, 5.41) is 3.29. The molecule has 1 aliphatic heterocycles. The van der Waals surface area contributed by atoms with E-state index < -0.39 is 12.4 Å². The number of urea groups is 1. The predicted octanol–water partition coefficient (Wildman–Crippen LogP) is 1.81. The number of hydrogen-bond acceptors (Lipinski definition) is 3. The van der Waals surface area contributed by atoms with Gasteiger partial charge in [-0.1, -0.05) is 0 Å². The molecule has 0 aliphatic carbocycles. The van der Waals surface area contributed by atoms with Crippen molar-refractivity contribution in [2.75, 3.05) is 5.32 Å². The summed E-state index contributed by atoms with van der Waals surface area (Å²) in [4.78, 5) is 11.1. The van der Waals surface area contributed by atoms with Crippen molar-refractivity contribution >= 4 is 11.7 Å². The second kappa shape index (κ2) is 3.81. The molecule has 0 radical (unpaired) electrons. The number of nitrogens with two attached hydrogens (primary N) is 1. The molecule has 0 fully saturated rings. The Labute approximate surface area is 93.9 Å². The summed E-state index contributed by atoms with van der Waals surface area (Å²) in [6.07, 6.45) is -4.74. The maximum atomic E-state index is 12.0. The molecule has 0 saturated carbocycles. The highest BCUT2D eigenvalue weighted by molar-refractivity contribution is 5.92. The second-order valence-corrected chi connectivity index (χ2v) is 3.42. The summed E-state index contributed by atoms with van der Waals surface area (Å²) in [6.45, 7) is 0.0240. The Morgan fingerprint density at radius 3 is 2.76 bits per heavy atom. The fourth-order valence-electron chi connectivity index (χ4n) is 1.46. The average molecular weight is 247 g/mol. The number of fused-ring (bicyclic) bond motifs is 1. The van der Waals surface area contributed by atoms with Crippen LogP contribution in [-0.4, -0.2) is 17.4 Å². The third-order valence-electron chi connectivity index (χ3n) is 2.15. The van der Waals surface area contributed by atoms with E-state index in [0.29, 0.717) is 11.3 Å². The van der Waals surface area contributed by atoms with E-state index in [2.05, 4.69) is 10.1 Å². The van der Waals surface area contributed by atoms with Crippen LogP contribution in [0.25, 0.3) is 0 Å². The summed E-state index contributed by atoms with van der Waals surface area (Å²) >= 11 is 0. The van der Waals surface area contributed by atoms with Crippen molar-refractivity contribution in [2.24, 2.45) is 5.84 Å². The molecule has 2 rings (SSSR count). The molecule has 1 aromatic carbocycles. The summed E-state index contributed by atoms with van der Waals surface area (Å²) in [6, 6.07) is 3.13. The average Bonchev–Trinajstić information content (AvgIpc) is 2.18. The van der Waals surface area contributed by atoms with Gasteiger partial charge in [0.25, 0.3) is 0 Å². The highest BCUT2D eigenvalue weighted by atomic mass is 19.4. The lowest BCUT2D eigenvalue weighted by atomic mass is 10.1. The van der Waals surface area contributed by atoms with Crippen molar-refractivity contribution in [2.45, 2.75) is 12.9 Å². The number of hydrogen-bond donors (Lipinski definition) is 2. The molecule has 0 saturated heterocycles. The van der Waals surface area contributed by atoms with E-state index in [9.17, 15) is 18.0 Å². The van der Waals surface area contributed by atoms with Gasteiger partial charge in [0.05, 0.1) is 6.54 Å². The normalized spacial score (nSPS) is 15.3. The standard InChI is InChI=1S/C9H8F3N3O2/c10-9(11,12)17-6-1-2-7-5(3-6)4-15(13)8(16)14-7/h1-3H,4,13H2,(H,14,16). The van der Waals surface area contributed by atoms with E-state index in [1.165, 1.54) is 12.1 Å². The highest BCUT2D eigenvalue weighted by Gasteiger charge is 2.31. The monoisotopic (exact) mass is 247 g/mol. The first kappa shape index (κ1) is 11.5. The third-order valence-corrected chi connectivity index (χ3v) is 2.15. The van der Waals surface area contributed by atoms with Gasteiger partial charge in [-0.05, 0) is 18.2 Å². The van der Waals surface area contributed by atoms with Gasteiger partial charge in [0.15, 0.2) is 0 Å². The molecule has 1 aromatic rings. The van der Waals surface area contributed by atoms with Gasteiger partial charge in [-0.2, -0.15) is 0 Å². The molecule has 92 valence electrons. The SMILES string of the molecule is NN1Cc2cc(OC(F)(F)F)ccc2NC1=O. The van der Waals surface area contributed by atoms with Gasteiger partial charge in [-0.25, -0.2) is 10.6 Å². The number of nitrogens with zero attached hydrogens (tertiary/aromatic N) is 1. The van der Waals surface area contributed by atoms with Crippen LogP contribution in [0.2, 0.25) is 0 Å². The number of hydrazine groups is 1. The minimum Gasteiger partial charge on any atom is -0.406 e. The Hall–Kier alpha value is -1.96. The zero-order valence-electron chi connectivity index (χ0n) is 8.41. The molecule has 17 heavy (non-hydrogen) atoms. The van der Waals surface area contributed by atoms with Crippen LogP contribution in [0.1, 0.15) is 5.56 Å². The maximum absolute atomic E-state index is 12.0. The zero-order valence-corrected chi connectivity index (χ0v) is 8.41. The summed E-state index contributed by atoms with van der Waals surface area (Å²) in [7, 11) is 0. The van der Waals surface area contributed by atoms with Crippen LogP contribution < -0.4 is 15.9 Å². The molecule has 1 aliphatic rings. The van der Waals surface area contributed by atoms with Crippen LogP contribution in [-0.2, 0) is 6.54 Å². The molecule has 0 atom stereocenters. The van der Waals surface area contributed by atoms with Crippen LogP contribution in [0, 0.1) is 0 Å². The van der Waals surface area contributed by atoms with Crippen molar-refractivity contribution in [3.8, 4) is 5.75 Å². The third kappa shape index (κ3) is 2.59. The number of rotatable bonds is 1. The number of carbonyl (C=O) groups is 1. The smallest absolute Gasteiger partial charge is 0.406 e. The first-order valence-electron chi connectivity index (χ1n) is 4.57. The van der Waals surface area contributed by atoms with E-state index >= 15 is 0 Å². The van der Waals surface area contributed by atoms with Crippen LogP contribution in [0.5, 0.6) is 5.75 Å². The Balaban J connectivity index is 2.26. The zero-order chi connectivity index (χ0) is 12.6. The van der Waals surface area contributed by atoms with Crippen molar-refractivity contribution < 1.29 is 22.7 Å². The lowest BCUT2D eigenvalue weighted by Crippen LogP contribution is -2.43. The first-order chi connectivity index (χ1) is 7.85. The van der Waals surface area contributed by atoms with Crippen molar-refractivity contribution in [3.05, 3.63) is 23.8 Å². The predicted molar refractivity (Wildman–Crippen MR) is 51.9 cm³/mol. The minimum absolute atomic E-state index is 0.0240. The number of carbonyl (C=O) groups excluding carboxylic acids is 1. The van der Waals surface area contributed by atoms with Crippen LogP contribution >= 0.6 is 0 Å². The minimum atomic E-state index is -4.74. The summed E-state index contributed by atoms with van der Waals surface area (Å²) in [5.74, 6) is 4.98. The largest absolute Gasteiger partial charge is 0.573 e. The van der Waals surface area contributed by atoms with Crippen molar-refractivity contribution in [1.82, 2.24) is 5.01 Å². The number of amides is 2. The molecule has 3 N–H and O–H groups in total. The lowest BCUT2D eigenvalue weighted by molar-refractivity contribution is -0.274. The molecule has 8 heteroatoms. The Morgan fingerprint density at radius 1 is 1.41 bits per heavy atom. The first-order valence-corrected chi connectivity index (χ1v) is 4.57. The Bertz CT molecular complexity index is 461. The Morgan fingerprint density at radius 2 is 2.12 bits per heavy atom. The number of ether oxygens (including phenoxy) is 1. The van der Waals surface area contributed by atoms with Gasteiger partial charge < -0.3 is 10.1 Å². The maximum Gasteiger partial charge on any atom is 0.573 e. The number of benzene rings is 1. The fourth-order valence-corrected chi connectivity index (χ4v) is 1.46. The van der Waals surface area contributed by atoms with Gasteiger partial charge in [0.2, 0.25) is 0 Å². The van der Waals surface area contributed by atoms with Gasteiger partial charge in [0.1, 0.15) is 5.75 Å². The van der Waals surface area contributed by atoms with Crippen molar-refractivity contribution in [3.63, 3.8) is 0 Å². The van der Waals surface area contributed by atoms with E-state index in [1.54, 1.807) is 0 Å². The van der Waals surface area contributed by atoms with E-state index in [-0.39, 0.29) is 12.3 Å².